The van der Waals surface area contributed by atoms with Gasteiger partial charge in [0.1, 0.15) is 0 Å². The summed E-state index contributed by atoms with van der Waals surface area (Å²) in [6.07, 6.45) is 1.95. The van der Waals surface area contributed by atoms with E-state index in [1.54, 1.807) is 4.90 Å². The quantitative estimate of drug-likeness (QED) is 0.800. The maximum absolute atomic E-state index is 12.3. The lowest BCUT2D eigenvalue weighted by molar-refractivity contribution is -0.125. The third kappa shape index (κ3) is 2.61. The molecular formula is C13H15N3O5. The number of rotatable bonds is 2. The molecule has 21 heavy (non-hydrogen) atoms. The number of nitrogens with zero attached hydrogens (tertiary/aromatic N) is 2. The molecular weight excluding hydrogens is 278 g/mol. The number of carboxylic acids is 1. The van der Waals surface area contributed by atoms with Crippen molar-refractivity contribution in [1.29, 1.82) is 0 Å². The van der Waals surface area contributed by atoms with Crippen LogP contribution in [0.25, 0.3) is 0 Å². The summed E-state index contributed by atoms with van der Waals surface area (Å²) >= 11 is 0. The lowest BCUT2D eigenvalue weighted by Gasteiger charge is -2.41. The highest BCUT2D eigenvalue weighted by Crippen LogP contribution is 2.26. The topological polar surface area (TPSA) is 113 Å². The molecule has 2 aliphatic rings. The van der Waals surface area contributed by atoms with Gasteiger partial charge >= 0.3 is 5.97 Å². The highest BCUT2D eigenvalue weighted by Gasteiger charge is 2.36. The fourth-order valence-corrected chi connectivity index (χ4v) is 2.93. The minimum Gasteiger partial charge on any atom is -0.475 e. The van der Waals surface area contributed by atoms with Gasteiger partial charge in [-0.2, -0.15) is 0 Å². The maximum atomic E-state index is 12.3. The molecule has 0 aromatic carbocycles. The van der Waals surface area contributed by atoms with Crippen LogP contribution in [0.5, 0.6) is 0 Å². The summed E-state index contributed by atoms with van der Waals surface area (Å²) in [6.45, 7) is 1.05. The van der Waals surface area contributed by atoms with E-state index in [4.69, 9.17) is 5.11 Å². The Hall–Kier alpha value is -2.38. The van der Waals surface area contributed by atoms with Gasteiger partial charge in [0.05, 0.1) is 0 Å². The normalized spacial score (nSPS) is 25.1. The second-order valence-corrected chi connectivity index (χ2v) is 5.39. The number of carbonyl (C=O) groups is 3. The lowest BCUT2D eigenvalue weighted by Crippen LogP contribution is -2.55. The number of aromatic nitrogens is 1. The Labute approximate surface area is 120 Å². The van der Waals surface area contributed by atoms with E-state index in [1.807, 2.05) is 0 Å². The number of amides is 2. The molecule has 2 N–H and O–H groups in total. The van der Waals surface area contributed by atoms with E-state index in [-0.39, 0.29) is 35.2 Å². The van der Waals surface area contributed by atoms with Gasteiger partial charge in [-0.1, -0.05) is 5.16 Å². The molecule has 2 amide bonds. The molecule has 112 valence electrons. The summed E-state index contributed by atoms with van der Waals surface area (Å²) in [4.78, 5) is 36.0. The van der Waals surface area contributed by atoms with E-state index in [0.29, 0.717) is 25.9 Å². The Morgan fingerprint density at radius 3 is 2.95 bits per heavy atom. The van der Waals surface area contributed by atoms with Crippen molar-refractivity contribution in [3.63, 3.8) is 0 Å². The SMILES string of the molecule is O=C1CCC2CN(C(=O)c3cc(C(=O)O)on3)CCC2N1. The van der Waals surface area contributed by atoms with Crippen molar-refractivity contribution < 1.29 is 24.0 Å². The summed E-state index contributed by atoms with van der Waals surface area (Å²) in [7, 11) is 0. The van der Waals surface area contributed by atoms with E-state index < -0.39 is 5.97 Å². The molecule has 1 aromatic rings. The van der Waals surface area contributed by atoms with Crippen LogP contribution in [0.2, 0.25) is 0 Å². The highest BCUT2D eigenvalue weighted by atomic mass is 16.5. The molecule has 2 aliphatic heterocycles. The van der Waals surface area contributed by atoms with Gasteiger partial charge in [0.2, 0.25) is 11.7 Å². The van der Waals surface area contributed by atoms with Crippen LogP contribution in [0, 0.1) is 5.92 Å². The van der Waals surface area contributed by atoms with E-state index in [9.17, 15) is 14.4 Å². The molecule has 0 bridgehead atoms. The number of carbonyl (C=O) groups excluding carboxylic acids is 2. The van der Waals surface area contributed by atoms with Crippen LogP contribution in [0.3, 0.4) is 0 Å². The molecule has 0 saturated carbocycles. The second-order valence-electron chi connectivity index (χ2n) is 5.39. The van der Waals surface area contributed by atoms with Crippen molar-refractivity contribution in [2.45, 2.75) is 25.3 Å². The third-order valence-corrected chi connectivity index (χ3v) is 4.05. The zero-order valence-corrected chi connectivity index (χ0v) is 11.2. The fourth-order valence-electron chi connectivity index (χ4n) is 2.93. The van der Waals surface area contributed by atoms with E-state index in [2.05, 4.69) is 15.0 Å². The number of piperidine rings is 2. The number of aromatic carboxylic acids is 1. The first-order valence-corrected chi connectivity index (χ1v) is 6.83. The van der Waals surface area contributed by atoms with Crippen LogP contribution in [-0.4, -0.2) is 52.1 Å². The molecule has 0 aliphatic carbocycles. The van der Waals surface area contributed by atoms with Crippen molar-refractivity contribution in [1.82, 2.24) is 15.4 Å². The van der Waals surface area contributed by atoms with Crippen LogP contribution < -0.4 is 5.32 Å². The van der Waals surface area contributed by atoms with Gasteiger partial charge in [-0.15, -0.1) is 0 Å². The van der Waals surface area contributed by atoms with E-state index in [0.717, 1.165) is 12.5 Å². The van der Waals surface area contributed by atoms with Gasteiger partial charge in [-0.05, 0) is 18.8 Å². The van der Waals surface area contributed by atoms with Crippen LogP contribution in [-0.2, 0) is 4.79 Å². The zero-order chi connectivity index (χ0) is 15.0. The number of nitrogens with one attached hydrogen (secondary N) is 1. The molecule has 2 saturated heterocycles. The first-order valence-electron chi connectivity index (χ1n) is 6.83. The molecule has 2 fully saturated rings. The van der Waals surface area contributed by atoms with Gasteiger partial charge in [0.25, 0.3) is 5.91 Å². The van der Waals surface area contributed by atoms with Crippen molar-refractivity contribution in [2.75, 3.05) is 13.1 Å². The largest absolute Gasteiger partial charge is 0.475 e. The predicted octanol–water partition coefficient (Wildman–Crippen LogP) is 0.114. The standard InChI is InChI=1S/C13H15N3O5/c17-11-2-1-7-6-16(4-3-8(7)14-11)12(18)9-5-10(13(19)20)21-15-9/h5,7-8H,1-4,6H2,(H,14,17)(H,19,20). The predicted molar refractivity (Wildman–Crippen MR) is 68.6 cm³/mol. The average molecular weight is 293 g/mol. The second kappa shape index (κ2) is 5.19. The number of hydrogen-bond acceptors (Lipinski definition) is 5. The van der Waals surface area contributed by atoms with Gasteiger partial charge in [-0.25, -0.2) is 4.79 Å². The number of carboxylic acid groups (broad SMARTS) is 1. The van der Waals surface area contributed by atoms with Gasteiger partial charge < -0.3 is 19.8 Å². The smallest absolute Gasteiger partial charge is 0.374 e. The Kier molecular flexibility index (Phi) is 3.36. The molecule has 8 heteroatoms. The summed E-state index contributed by atoms with van der Waals surface area (Å²) in [5.74, 6) is -1.63. The van der Waals surface area contributed by atoms with Crippen LogP contribution in [0.1, 0.15) is 40.3 Å². The fraction of sp³-hybridized carbons (Fsp3) is 0.538. The Morgan fingerprint density at radius 1 is 1.43 bits per heavy atom. The monoisotopic (exact) mass is 293 g/mol. The Morgan fingerprint density at radius 2 is 2.24 bits per heavy atom. The summed E-state index contributed by atoms with van der Waals surface area (Å²) in [5, 5.41) is 15.2. The molecule has 1 aromatic heterocycles. The highest BCUT2D eigenvalue weighted by molar-refractivity contribution is 5.95. The molecule has 8 nitrogen and oxygen atoms in total. The van der Waals surface area contributed by atoms with Crippen LogP contribution in [0.15, 0.2) is 10.6 Å². The van der Waals surface area contributed by atoms with Crippen LogP contribution >= 0.6 is 0 Å². The summed E-state index contributed by atoms with van der Waals surface area (Å²) in [6, 6.07) is 1.27. The summed E-state index contributed by atoms with van der Waals surface area (Å²) in [5.41, 5.74) is 0.00527. The summed E-state index contributed by atoms with van der Waals surface area (Å²) < 4.78 is 4.60. The molecule has 0 spiro atoms. The first-order chi connectivity index (χ1) is 10.0. The Balaban J connectivity index is 1.68. The van der Waals surface area contributed by atoms with Gasteiger partial charge in [-0.3, -0.25) is 9.59 Å². The molecule has 2 unspecified atom stereocenters. The molecule has 3 heterocycles. The number of likely N-dealkylation sites (tertiary alicyclic amines) is 1. The minimum atomic E-state index is -1.25. The maximum Gasteiger partial charge on any atom is 0.374 e. The number of hydrogen-bond donors (Lipinski definition) is 2. The van der Waals surface area contributed by atoms with Crippen molar-refractivity contribution in [3.8, 4) is 0 Å². The van der Waals surface area contributed by atoms with Crippen molar-refractivity contribution >= 4 is 17.8 Å². The molecule has 0 radical (unpaired) electrons. The van der Waals surface area contributed by atoms with E-state index in [1.165, 1.54) is 0 Å². The van der Waals surface area contributed by atoms with Gasteiger partial charge in [0.15, 0.2) is 5.69 Å². The third-order valence-electron chi connectivity index (χ3n) is 4.05. The Bertz CT molecular complexity index is 596. The van der Waals surface area contributed by atoms with Crippen molar-refractivity contribution in [2.24, 2.45) is 5.92 Å². The first kappa shape index (κ1) is 13.6. The van der Waals surface area contributed by atoms with E-state index >= 15 is 0 Å². The lowest BCUT2D eigenvalue weighted by atomic mass is 9.85. The minimum absolute atomic E-state index is 0.00527. The average Bonchev–Trinajstić information content (AvgIpc) is 2.96. The van der Waals surface area contributed by atoms with Crippen molar-refractivity contribution in [3.05, 3.63) is 17.5 Å². The van der Waals surface area contributed by atoms with Crippen LogP contribution in [0.4, 0.5) is 0 Å². The number of fused-ring (bicyclic) bond motifs is 1. The molecule has 2 atom stereocenters. The zero-order valence-electron chi connectivity index (χ0n) is 11.2. The van der Waals surface area contributed by atoms with Gasteiger partial charge in [0, 0.05) is 31.6 Å². The molecule has 3 rings (SSSR count).